The van der Waals surface area contributed by atoms with Gasteiger partial charge in [-0.3, -0.25) is 4.79 Å². The first-order chi connectivity index (χ1) is 9.15. The van der Waals surface area contributed by atoms with Gasteiger partial charge < -0.3 is 14.8 Å². The molecule has 1 amide bonds. The molecule has 1 fully saturated rings. The molecule has 0 saturated carbocycles. The van der Waals surface area contributed by atoms with Crippen molar-refractivity contribution in [1.29, 1.82) is 0 Å². The Morgan fingerprint density at radius 1 is 1.37 bits per heavy atom. The highest BCUT2D eigenvalue weighted by Crippen LogP contribution is 2.14. The van der Waals surface area contributed by atoms with E-state index in [9.17, 15) is 9.59 Å². The van der Waals surface area contributed by atoms with Gasteiger partial charge in [-0.25, -0.2) is 4.79 Å². The topological polar surface area (TPSA) is 64.6 Å². The molecule has 2 rings (SSSR count). The maximum atomic E-state index is 11.6. The Balaban J connectivity index is 1.75. The number of hydrogen-bond acceptors (Lipinski definition) is 4. The Morgan fingerprint density at radius 3 is 2.74 bits per heavy atom. The van der Waals surface area contributed by atoms with E-state index >= 15 is 0 Å². The number of benzene rings is 1. The standard InChI is InChI=1S/C13H14ClNO4/c14-9-3-5-10(6-4-9)15-12(16)8-19-13(17)11-2-1-7-18-11/h3-6,11H,1-2,7-8H2,(H,15,16)/t11-/m0/s1. The molecule has 0 spiro atoms. The van der Waals surface area contributed by atoms with Gasteiger partial charge in [0.1, 0.15) is 0 Å². The van der Waals surface area contributed by atoms with Crippen LogP contribution in [0.4, 0.5) is 5.69 Å². The fourth-order valence-electron chi connectivity index (χ4n) is 1.72. The van der Waals surface area contributed by atoms with Crippen molar-refractivity contribution in [2.24, 2.45) is 0 Å². The molecule has 0 aliphatic carbocycles. The van der Waals surface area contributed by atoms with Crippen molar-refractivity contribution in [3.8, 4) is 0 Å². The van der Waals surface area contributed by atoms with Crippen LogP contribution in [0.3, 0.4) is 0 Å². The summed E-state index contributed by atoms with van der Waals surface area (Å²) < 4.78 is 10.0. The molecule has 19 heavy (non-hydrogen) atoms. The average molecular weight is 284 g/mol. The molecule has 0 aromatic heterocycles. The Hall–Kier alpha value is -1.59. The third-order valence-corrected chi connectivity index (χ3v) is 2.92. The number of hydrogen-bond donors (Lipinski definition) is 1. The lowest BCUT2D eigenvalue weighted by Crippen LogP contribution is -2.27. The highest BCUT2D eigenvalue weighted by molar-refractivity contribution is 6.30. The number of nitrogens with one attached hydrogen (secondary N) is 1. The normalized spacial score (nSPS) is 18.1. The lowest BCUT2D eigenvalue weighted by molar-refractivity contribution is -0.156. The number of carbonyl (C=O) groups excluding carboxylic acids is 2. The van der Waals surface area contributed by atoms with Crippen LogP contribution in [0.25, 0.3) is 0 Å². The molecule has 1 N–H and O–H groups in total. The van der Waals surface area contributed by atoms with Crippen LogP contribution in [-0.2, 0) is 19.1 Å². The predicted molar refractivity (Wildman–Crippen MR) is 70.0 cm³/mol. The van der Waals surface area contributed by atoms with E-state index in [1.54, 1.807) is 24.3 Å². The van der Waals surface area contributed by atoms with Crippen LogP contribution in [0.2, 0.25) is 5.02 Å². The van der Waals surface area contributed by atoms with Gasteiger partial charge in [0.15, 0.2) is 12.7 Å². The monoisotopic (exact) mass is 283 g/mol. The summed E-state index contributed by atoms with van der Waals surface area (Å²) in [6, 6.07) is 6.66. The predicted octanol–water partition coefficient (Wildman–Crippen LogP) is 2.00. The minimum atomic E-state index is -0.525. The van der Waals surface area contributed by atoms with E-state index in [4.69, 9.17) is 21.1 Å². The molecule has 0 bridgehead atoms. The van der Waals surface area contributed by atoms with Crippen LogP contribution >= 0.6 is 11.6 Å². The highest BCUT2D eigenvalue weighted by atomic mass is 35.5. The number of anilines is 1. The van der Waals surface area contributed by atoms with Gasteiger partial charge in [0.05, 0.1) is 0 Å². The molecule has 1 aromatic carbocycles. The van der Waals surface area contributed by atoms with E-state index in [1.165, 1.54) is 0 Å². The first-order valence-electron chi connectivity index (χ1n) is 5.99. The second kappa shape index (κ2) is 6.54. The van der Waals surface area contributed by atoms with Crippen LogP contribution in [0.1, 0.15) is 12.8 Å². The number of carbonyl (C=O) groups is 2. The van der Waals surface area contributed by atoms with Crippen molar-refractivity contribution in [3.05, 3.63) is 29.3 Å². The summed E-state index contributed by atoms with van der Waals surface area (Å²) in [4.78, 5) is 23.1. The zero-order valence-corrected chi connectivity index (χ0v) is 11.0. The molecule has 1 aliphatic heterocycles. The summed E-state index contributed by atoms with van der Waals surface area (Å²) in [5, 5.41) is 3.19. The second-order valence-electron chi connectivity index (χ2n) is 4.16. The molecule has 5 nitrogen and oxygen atoms in total. The number of esters is 1. The van der Waals surface area contributed by atoms with E-state index in [2.05, 4.69) is 5.32 Å². The van der Waals surface area contributed by atoms with Gasteiger partial charge in [0.2, 0.25) is 0 Å². The maximum absolute atomic E-state index is 11.6. The third-order valence-electron chi connectivity index (χ3n) is 2.67. The van der Waals surface area contributed by atoms with E-state index in [1.807, 2.05) is 0 Å². The molecule has 0 radical (unpaired) electrons. The fraction of sp³-hybridized carbons (Fsp3) is 0.385. The summed E-state index contributed by atoms with van der Waals surface area (Å²) in [7, 11) is 0. The summed E-state index contributed by atoms with van der Waals surface area (Å²) in [6.45, 7) is 0.248. The smallest absolute Gasteiger partial charge is 0.335 e. The van der Waals surface area contributed by atoms with Crippen molar-refractivity contribution >= 4 is 29.2 Å². The van der Waals surface area contributed by atoms with E-state index in [0.717, 1.165) is 6.42 Å². The molecule has 1 heterocycles. The molecule has 0 unspecified atom stereocenters. The largest absolute Gasteiger partial charge is 0.454 e. The minimum Gasteiger partial charge on any atom is -0.454 e. The first kappa shape index (κ1) is 13.8. The van der Waals surface area contributed by atoms with Crippen LogP contribution in [0.15, 0.2) is 24.3 Å². The van der Waals surface area contributed by atoms with Gasteiger partial charge in [-0.2, -0.15) is 0 Å². The van der Waals surface area contributed by atoms with Crippen LogP contribution in [0.5, 0.6) is 0 Å². The Labute approximate surface area is 115 Å². The van der Waals surface area contributed by atoms with Crippen molar-refractivity contribution in [3.63, 3.8) is 0 Å². The van der Waals surface area contributed by atoms with Crippen molar-refractivity contribution in [1.82, 2.24) is 0 Å². The summed E-state index contributed by atoms with van der Waals surface area (Å²) in [6.07, 6.45) is 0.970. The Kier molecular flexibility index (Phi) is 4.76. The maximum Gasteiger partial charge on any atom is 0.335 e. The third kappa shape index (κ3) is 4.22. The van der Waals surface area contributed by atoms with Gasteiger partial charge in [-0.05, 0) is 37.1 Å². The van der Waals surface area contributed by atoms with E-state index in [0.29, 0.717) is 23.7 Å². The highest BCUT2D eigenvalue weighted by Gasteiger charge is 2.25. The summed E-state index contributed by atoms with van der Waals surface area (Å²) >= 11 is 5.73. The molecule has 1 atom stereocenters. The van der Waals surface area contributed by atoms with Gasteiger partial charge in [0.25, 0.3) is 5.91 Å². The molecular formula is C13H14ClNO4. The summed E-state index contributed by atoms with van der Waals surface area (Å²) in [5.74, 6) is -0.877. The molecule has 6 heteroatoms. The summed E-state index contributed by atoms with van der Waals surface area (Å²) in [5.41, 5.74) is 0.600. The number of halogens is 1. The average Bonchev–Trinajstić information content (AvgIpc) is 2.93. The van der Waals surface area contributed by atoms with Gasteiger partial charge >= 0.3 is 5.97 Å². The van der Waals surface area contributed by atoms with Crippen molar-refractivity contribution < 1.29 is 19.1 Å². The van der Waals surface area contributed by atoms with Crippen LogP contribution in [-0.4, -0.2) is 31.2 Å². The Morgan fingerprint density at radius 2 is 2.11 bits per heavy atom. The fourth-order valence-corrected chi connectivity index (χ4v) is 1.85. The van der Waals surface area contributed by atoms with E-state index in [-0.39, 0.29) is 6.61 Å². The molecule has 1 saturated heterocycles. The van der Waals surface area contributed by atoms with Crippen LogP contribution in [0, 0.1) is 0 Å². The van der Waals surface area contributed by atoms with Gasteiger partial charge in [-0.15, -0.1) is 0 Å². The first-order valence-corrected chi connectivity index (χ1v) is 6.36. The molecule has 1 aliphatic rings. The number of rotatable bonds is 4. The zero-order chi connectivity index (χ0) is 13.7. The molecular weight excluding hydrogens is 270 g/mol. The second-order valence-corrected chi connectivity index (χ2v) is 4.60. The van der Waals surface area contributed by atoms with E-state index < -0.39 is 18.0 Å². The number of amides is 1. The lowest BCUT2D eigenvalue weighted by atomic mass is 10.2. The van der Waals surface area contributed by atoms with Gasteiger partial charge in [0, 0.05) is 17.3 Å². The SMILES string of the molecule is O=C(COC(=O)[C@@H]1CCCO1)Nc1ccc(Cl)cc1. The molecule has 1 aromatic rings. The minimum absolute atomic E-state index is 0.318. The Bertz CT molecular complexity index is 454. The van der Waals surface area contributed by atoms with Crippen molar-refractivity contribution in [2.75, 3.05) is 18.5 Å². The number of ether oxygens (including phenoxy) is 2. The molecule has 102 valence electrons. The van der Waals surface area contributed by atoms with Gasteiger partial charge in [-0.1, -0.05) is 11.6 Å². The van der Waals surface area contributed by atoms with Crippen molar-refractivity contribution in [2.45, 2.75) is 18.9 Å². The quantitative estimate of drug-likeness (QED) is 0.859. The lowest BCUT2D eigenvalue weighted by Gasteiger charge is -2.10. The zero-order valence-electron chi connectivity index (χ0n) is 10.2. The van der Waals surface area contributed by atoms with Crippen LogP contribution < -0.4 is 5.32 Å².